The monoisotopic (exact) mass is 673 g/mol. The summed E-state index contributed by atoms with van der Waals surface area (Å²) in [7, 11) is -0.538. The number of hydrogen-bond donors (Lipinski definition) is 2. The highest BCUT2D eigenvalue weighted by atomic mass is 32.2. The number of carbonyl (C=O) groups excluding carboxylic acids is 2. The summed E-state index contributed by atoms with van der Waals surface area (Å²) in [4.78, 5) is 28.5. The van der Waals surface area contributed by atoms with E-state index in [4.69, 9.17) is 9.47 Å². The number of aliphatic hydroxyl groups is 1. The number of nitrogens with one attached hydrogen (secondary N) is 1. The highest BCUT2D eigenvalue weighted by molar-refractivity contribution is 7.92. The van der Waals surface area contributed by atoms with Gasteiger partial charge in [0, 0.05) is 19.2 Å². The van der Waals surface area contributed by atoms with Crippen molar-refractivity contribution in [3.8, 4) is 5.75 Å². The molecule has 4 aromatic carbocycles. The number of aliphatic hydroxyl groups excluding tert-OH is 1. The first-order chi connectivity index (χ1) is 23.1. The number of amides is 2. The molecule has 10 nitrogen and oxygen atoms in total. The zero-order valence-electron chi connectivity index (χ0n) is 27.5. The molecule has 2 N–H and O–H groups in total. The van der Waals surface area contributed by atoms with E-state index in [2.05, 4.69) is 5.32 Å². The van der Waals surface area contributed by atoms with Gasteiger partial charge in [-0.3, -0.25) is 9.10 Å². The van der Waals surface area contributed by atoms with Crippen LogP contribution in [0.4, 0.5) is 10.5 Å². The average Bonchev–Trinajstić information content (AvgIpc) is 3.10. The number of benzene rings is 4. The number of hydrogen-bond acceptors (Lipinski definition) is 7. The van der Waals surface area contributed by atoms with Crippen LogP contribution in [-0.2, 0) is 34.3 Å². The van der Waals surface area contributed by atoms with E-state index in [1.54, 1.807) is 44.4 Å². The second-order valence-electron chi connectivity index (χ2n) is 11.4. The van der Waals surface area contributed by atoms with Crippen LogP contribution in [0, 0.1) is 0 Å². The Morgan fingerprint density at radius 1 is 0.854 bits per heavy atom. The Morgan fingerprint density at radius 2 is 1.50 bits per heavy atom. The van der Waals surface area contributed by atoms with Gasteiger partial charge in [0.25, 0.3) is 5.91 Å². The van der Waals surface area contributed by atoms with Crippen LogP contribution in [0.5, 0.6) is 5.75 Å². The first-order valence-electron chi connectivity index (χ1n) is 15.8. The lowest BCUT2D eigenvalue weighted by Crippen LogP contribution is -2.50. The lowest BCUT2D eigenvalue weighted by molar-refractivity contribution is 0.0500. The SMILES string of the molecule is CCCS(=O)(=O)N(C)c1cccc(C(=O)N[C@@H](Cc2ccccc2)[C@H](O)CN(Cc2cccc(OC)c2)C(=O)OCc2ccccc2)c1. The molecule has 254 valence electrons. The highest BCUT2D eigenvalue weighted by Crippen LogP contribution is 2.20. The molecule has 0 aromatic heterocycles. The molecule has 0 saturated heterocycles. The van der Waals surface area contributed by atoms with Crippen molar-refractivity contribution in [1.82, 2.24) is 10.2 Å². The van der Waals surface area contributed by atoms with Crippen LogP contribution in [0.15, 0.2) is 109 Å². The van der Waals surface area contributed by atoms with E-state index >= 15 is 0 Å². The van der Waals surface area contributed by atoms with E-state index in [0.29, 0.717) is 17.9 Å². The minimum absolute atomic E-state index is 0.0225. The molecule has 0 bridgehead atoms. The fourth-order valence-corrected chi connectivity index (χ4v) is 6.38. The standard InChI is InChI=1S/C37H43N3O7S/c1-4-21-48(44,45)39(2)32-19-12-18-31(24-32)36(42)38-34(23-28-13-7-5-8-14-28)35(41)26-40(25-30-17-11-20-33(22-30)46-3)37(43)47-27-29-15-9-6-10-16-29/h5-20,22,24,34-35,41H,4,21,23,25-27H2,1-3H3,(H,38,42)/t34-,35+/m0/s1. The number of carbonyl (C=O) groups is 2. The summed E-state index contributed by atoms with van der Waals surface area (Å²) in [6, 6.07) is 31.5. The Kier molecular flexibility index (Phi) is 13.0. The van der Waals surface area contributed by atoms with Gasteiger partial charge in [0.2, 0.25) is 10.0 Å². The molecule has 2 atom stereocenters. The fourth-order valence-electron chi connectivity index (χ4n) is 5.16. The normalized spacial score (nSPS) is 12.4. The van der Waals surface area contributed by atoms with Gasteiger partial charge in [-0.05, 0) is 59.9 Å². The van der Waals surface area contributed by atoms with Crippen LogP contribution in [0.25, 0.3) is 0 Å². The van der Waals surface area contributed by atoms with Crippen molar-refractivity contribution in [2.75, 3.05) is 30.8 Å². The van der Waals surface area contributed by atoms with E-state index in [0.717, 1.165) is 16.7 Å². The largest absolute Gasteiger partial charge is 0.497 e. The summed E-state index contributed by atoms with van der Waals surface area (Å²) in [5.74, 6) is 0.102. The number of rotatable bonds is 16. The van der Waals surface area contributed by atoms with Crippen molar-refractivity contribution in [2.45, 2.75) is 45.1 Å². The molecule has 0 aliphatic carbocycles. The molecule has 0 aliphatic heterocycles. The molecule has 11 heteroatoms. The van der Waals surface area contributed by atoms with Crippen LogP contribution in [-0.4, -0.2) is 69.0 Å². The molecule has 0 aliphatic rings. The summed E-state index contributed by atoms with van der Waals surface area (Å²) >= 11 is 0. The fraction of sp³-hybridized carbons (Fsp3) is 0.297. The quantitative estimate of drug-likeness (QED) is 0.163. The van der Waals surface area contributed by atoms with Crippen molar-refractivity contribution >= 4 is 27.7 Å². The maximum atomic E-state index is 13.6. The number of anilines is 1. The van der Waals surface area contributed by atoms with E-state index < -0.39 is 34.2 Å². The van der Waals surface area contributed by atoms with Crippen LogP contribution in [0.2, 0.25) is 0 Å². The smallest absolute Gasteiger partial charge is 0.410 e. The van der Waals surface area contributed by atoms with Gasteiger partial charge in [0.1, 0.15) is 12.4 Å². The van der Waals surface area contributed by atoms with Crippen molar-refractivity contribution < 1.29 is 32.6 Å². The first kappa shape index (κ1) is 36.0. The lowest BCUT2D eigenvalue weighted by atomic mass is 10.00. The molecule has 0 spiro atoms. The molecule has 48 heavy (non-hydrogen) atoms. The maximum Gasteiger partial charge on any atom is 0.410 e. The van der Waals surface area contributed by atoms with Crippen molar-refractivity contribution in [2.24, 2.45) is 0 Å². The number of ether oxygens (including phenoxy) is 2. The Hall–Kier alpha value is -4.87. The van der Waals surface area contributed by atoms with E-state index in [1.165, 1.54) is 22.3 Å². The molecule has 0 unspecified atom stereocenters. The van der Waals surface area contributed by atoms with Gasteiger partial charge in [-0.1, -0.05) is 85.8 Å². The molecular formula is C37H43N3O7S. The zero-order valence-corrected chi connectivity index (χ0v) is 28.3. The minimum Gasteiger partial charge on any atom is -0.497 e. The summed E-state index contributed by atoms with van der Waals surface area (Å²) in [6.45, 7) is 1.80. The van der Waals surface area contributed by atoms with Crippen LogP contribution < -0.4 is 14.4 Å². The minimum atomic E-state index is -3.55. The zero-order chi connectivity index (χ0) is 34.5. The van der Waals surface area contributed by atoms with Crippen molar-refractivity contribution in [3.05, 3.63) is 131 Å². The van der Waals surface area contributed by atoms with Gasteiger partial charge in [0.15, 0.2) is 0 Å². The van der Waals surface area contributed by atoms with E-state index in [1.807, 2.05) is 72.8 Å². The van der Waals surface area contributed by atoms with Gasteiger partial charge < -0.3 is 24.8 Å². The van der Waals surface area contributed by atoms with Crippen LogP contribution >= 0.6 is 0 Å². The second-order valence-corrected chi connectivity index (χ2v) is 13.6. The maximum absolute atomic E-state index is 13.6. The van der Waals surface area contributed by atoms with Crippen molar-refractivity contribution in [3.63, 3.8) is 0 Å². The second kappa shape index (κ2) is 17.3. The molecular weight excluding hydrogens is 630 g/mol. The van der Waals surface area contributed by atoms with Crippen LogP contribution in [0.1, 0.15) is 40.4 Å². The molecule has 4 rings (SSSR count). The Bertz CT molecular complexity index is 1740. The first-order valence-corrected chi connectivity index (χ1v) is 17.4. The molecule has 0 fully saturated rings. The predicted molar refractivity (Wildman–Crippen MR) is 186 cm³/mol. The molecule has 4 aromatic rings. The van der Waals surface area contributed by atoms with Gasteiger partial charge >= 0.3 is 6.09 Å². The molecule has 0 radical (unpaired) electrons. The number of methoxy groups -OCH3 is 1. The molecule has 2 amide bonds. The summed E-state index contributed by atoms with van der Waals surface area (Å²) in [5, 5.41) is 14.6. The Labute approximate surface area is 283 Å². The summed E-state index contributed by atoms with van der Waals surface area (Å²) in [6.07, 6.45) is -1.11. The predicted octanol–water partition coefficient (Wildman–Crippen LogP) is 5.41. The number of nitrogens with zero attached hydrogens (tertiary/aromatic N) is 2. The van der Waals surface area contributed by atoms with Gasteiger partial charge in [0.05, 0.1) is 37.2 Å². The summed E-state index contributed by atoms with van der Waals surface area (Å²) < 4.78 is 37.5. The third kappa shape index (κ3) is 10.3. The third-order valence-electron chi connectivity index (χ3n) is 7.81. The highest BCUT2D eigenvalue weighted by Gasteiger charge is 2.28. The lowest BCUT2D eigenvalue weighted by Gasteiger charge is -2.30. The number of sulfonamides is 1. The van der Waals surface area contributed by atoms with E-state index in [-0.39, 0.29) is 37.4 Å². The Morgan fingerprint density at radius 3 is 2.17 bits per heavy atom. The van der Waals surface area contributed by atoms with Crippen LogP contribution in [0.3, 0.4) is 0 Å². The van der Waals surface area contributed by atoms with Gasteiger partial charge in [-0.2, -0.15) is 0 Å². The summed E-state index contributed by atoms with van der Waals surface area (Å²) in [5.41, 5.74) is 3.03. The van der Waals surface area contributed by atoms with Gasteiger partial charge in [-0.15, -0.1) is 0 Å². The van der Waals surface area contributed by atoms with E-state index in [9.17, 15) is 23.1 Å². The van der Waals surface area contributed by atoms with Gasteiger partial charge in [-0.25, -0.2) is 13.2 Å². The average molecular weight is 674 g/mol. The molecule has 0 heterocycles. The molecule has 0 saturated carbocycles. The topological polar surface area (TPSA) is 125 Å². The Balaban J connectivity index is 1.58. The van der Waals surface area contributed by atoms with Crippen molar-refractivity contribution in [1.29, 1.82) is 0 Å². The third-order valence-corrected chi connectivity index (χ3v) is 9.78.